The summed E-state index contributed by atoms with van der Waals surface area (Å²) in [5.41, 5.74) is -0.190. The van der Waals surface area contributed by atoms with Crippen molar-refractivity contribution in [1.29, 1.82) is 0 Å². The van der Waals surface area contributed by atoms with E-state index in [4.69, 9.17) is 9.47 Å². The summed E-state index contributed by atoms with van der Waals surface area (Å²) in [4.78, 5) is 23.8. The SMILES string of the molecule is CCOC(=O)C1(CCCCCCCCCCCCC2(C(=O)OCC)CC2)CC1. The molecule has 2 rings (SSSR count). The van der Waals surface area contributed by atoms with Gasteiger partial charge in [0.15, 0.2) is 0 Å². The summed E-state index contributed by atoms with van der Waals surface area (Å²) in [7, 11) is 0. The third-order valence-corrected chi connectivity index (χ3v) is 6.68. The first kappa shape index (κ1) is 23.2. The Balaban J connectivity index is 1.35. The molecule has 0 spiro atoms. The number of rotatable bonds is 17. The van der Waals surface area contributed by atoms with Gasteiger partial charge in [-0.2, -0.15) is 0 Å². The minimum atomic E-state index is -0.0949. The Hall–Kier alpha value is -1.06. The Kier molecular flexibility index (Phi) is 9.81. The van der Waals surface area contributed by atoms with Crippen LogP contribution in [0.2, 0.25) is 0 Å². The molecule has 0 N–H and O–H groups in total. The summed E-state index contributed by atoms with van der Waals surface area (Å²) < 4.78 is 10.4. The van der Waals surface area contributed by atoms with Crippen LogP contribution in [0.1, 0.15) is 117 Å². The van der Waals surface area contributed by atoms with Gasteiger partial charge in [-0.1, -0.05) is 64.2 Å². The zero-order valence-corrected chi connectivity index (χ0v) is 18.4. The topological polar surface area (TPSA) is 52.6 Å². The number of unbranched alkanes of at least 4 members (excludes halogenated alkanes) is 9. The molecule has 0 saturated heterocycles. The molecule has 162 valence electrons. The lowest BCUT2D eigenvalue weighted by atomic mass is 9.96. The van der Waals surface area contributed by atoms with Gasteiger partial charge >= 0.3 is 11.9 Å². The molecule has 0 aromatic heterocycles. The maximum absolute atomic E-state index is 11.9. The van der Waals surface area contributed by atoms with Gasteiger partial charge in [-0.3, -0.25) is 9.59 Å². The first-order chi connectivity index (χ1) is 13.6. The molecule has 0 amide bonds. The molecule has 4 nitrogen and oxygen atoms in total. The molecule has 0 bridgehead atoms. The van der Waals surface area contributed by atoms with Crippen molar-refractivity contribution in [3.05, 3.63) is 0 Å². The third-order valence-electron chi connectivity index (χ3n) is 6.68. The van der Waals surface area contributed by atoms with E-state index in [9.17, 15) is 9.59 Å². The van der Waals surface area contributed by atoms with Crippen molar-refractivity contribution >= 4 is 11.9 Å². The molecule has 0 aliphatic heterocycles. The Morgan fingerprint density at radius 1 is 0.571 bits per heavy atom. The van der Waals surface area contributed by atoms with Crippen molar-refractivity contribution in [2.75, 3.05) is 13.2 Å². The van der Waals surface area contributed by atoms with Crippen molar-refractivity contribution in [2.45, 2.75) is 117 Å². The highest BCUT2D eigenvalue weighted by Gasteiger charge is 2.50. The molecule has 4 heteroatoms. The average molecular weight is 395 g/mol. The Labute approximate surface area is 172 Å². The van der Waals surface area contributed by atoms with Gasteiger partial charge in [0, 0.05) is 0 Å². The fourth-order valence-electron chi connectivity index (χ4n) is 4.32. The molecule has 2 saturated carbocycles. The summed E-state index contributed by atoms with van der Waals surface area (Å²) in [6.45, 7) is 4.79. The van der Waals surface area contributed by atoms with Gasteiger partial charge in [0.05, 0.1) is 24.0 Å². The van der Waals surface area contributed by atoms with Crippen LogP contribution < -0.4 is 0 Å². The van der Waals surface area contributed by atoms with E-state index in [0.29, 0.717) is 13.2 Å². The second-order valence-corrected chi connectivity index (χ2v) is 9.04. The van der Waals surface area contributed by atoms with E-state index in [-0.39, 0.29) is 22.8 Å². The van der Waals surface area contributed by atoms with E-state index in [1.54, 1.807) is 0 Å². The van der Waals surface area contributed by atoms with E-state index < -0.39 is 0 Å². The molecular formula is C24H42O4. The van der Waals surface area contributed by atoms with Crippen LogP contribution in [0.3, 0.4) is 0 Å². The maximum atomic E-state index is 11.9. The molecule has 2 fully saturated rings. The molecule has 0 unspecified atom stereocenters. The van der Waals surface area contributed by atoms with Crippen LogP contribution in [-0.4, -0.2) is 25.2 Å². The fraction of sp³-hybridized carbons (Fsp3) is 0.917. The van der Waals surface area contributed by atoms with Crippen LogP contribution in [0.25, 0.3) is 0 Å². The van der Waals surface area contributed by atoms with Crippen LogP contribution in [-0.2, 0) is 19.1 Å². The lowest BCUT2D eigenvalue weighted by Gasteiger charge is -2.13. The monoisotopic (exact) mass is 394 g/mol. The van der Waals surface area contributed by atoms with Crippen molar-refractivity contribution in [2.24, 2.45) is 10.8 Å². The van der Waals surface area contributed by atoms with E-state index in [1.807, 2.05) is 13.8 Å². The molecule has 0 radical (unpaired) electrons. The number of carbonyl (C=O) groups excluding carboxylic acids is 2. The van der Waals surface area contributed by atoms with Gasteiger partial charge in [-0.05, 0) is 52.4 Å². The van der Waals surface area contributed by atoms with E-state index >= 15 is 0 Å². The number of carbonyl (C=O) groups is 2. The Morgan fingerprint density at radius 3 is 1.11 bits per heavy atom. The van der Waals surface area contributed by atoms with Gasteiger partial charge in [0.2, 0.25) is 0 Å². The summed E-state index contributed by atoms with van der Waals surface area (Å²) in [6.07, 6.45) is 18.9. The standard InChI is InChI=1S/C24H42O4/c1-3-27-21(25)23(17-18-23)15-13-11-9-7-5-6-8-10-12-14-16-24(19-20-24)22(26)28-4-2/h3-20H2,1-2H3. The average Bonchev–Trinajstić information content (AvgIpc) is 3.59. The number of hydrogen-bond acceptors (Lipinski definition) is 4. The maximum Gasteiger partial charge on any atom is 0.312 e. The smallest absolute Gasteiger partial charge is 0.312 e. The Bertz CT molecular complexity index is 433. The number of hydrogen-bond donors (Lipinski definition) is 0. The molecule has 2 aliphatic carbocycles. The predicted octanol–water partition coefficient (Wildman–Crippen LogP) is 6.35. The lowest BCUT2D eigenvalue weighted by Crippen LogP contribution is -2.18. The van der Waals surface area contributed by atoms with Gasteiger partial charge < -0.3 is 9.47 Å². The third kappa shape index (κ3) is 7.40. The summed E-state index contributed by atoms with van der Waals surface area (Å²) in [5.74, 6) is 0.0923. The van der Waals surface area contributed by atoms with E-state index in [2.05, 4.69) is 0 Å². The van der Waals surface area contributed by atoms with Gasteiger partial charge in [-0.15, -0.1) is 0 Å². The van der Waals surface area contributed by atoms with Gasteiger partial charge in [0.25, 0.3) is 0 Å². The van der Waals surface area contributed by atoms with Crippen molar-refractivity contribution in [3.63, 3.8) is 0 Å². The summed E-state index contributed by atoms with van der Waals surface area (Å²) in [5, 5.41) is 0. The molecule has 0 atom stereocenters. The van der Waals surface area contributed by atoms with Crippen LogP contribution in [0.5, 0.6) is 0 Å². The van der Waals surface area contributed by atoms with Crippen LogP contribution in [0, 0.1) is 10.8 Å². The summed E-state index contributed by atoms with van der Waals surface area (Å²) >= 11 is 0. The number of ether oxygens (including phenoxy) is 2. The number of esters is 2. The predicted molar refractivity (Wildman–Crippen MR) is 112 cm³/mol. The second-order valence-electron chi connectivity index (χ2n) is 9.04. The molecule has 0 aromatic rings. The van der Waals surface area contributed by atoms with E-state index in [0.717, 1.165) is 38.5 Å². The molecule has 28 heavy (non-hydrogen) atoms. The van der Waals surface area contributed by atoms with E-state index in [1.165, 1.54) is 64.2 Å². The highest BCUT2D eigenvalue weighted by Crippen LogP contribution is 2.51. The molecule has 0 heterocycles. The van der Waals surface area contributed by atoms with Crippen molar-refractivity contribution < 1.29 is 19.1 Å². The zero-order chi connectivity index (χ0) is 20.3. The highest BCUT2D eigenvalue weighted by molar-refractivity contribution is 5.80. The first-order valence-electron chi connectivity index (χ1n) is 11.9. The zero-order valence-electron chi connectivity index (χ0n) is 18.4. The van der Waals surface area contributed by atoms with Crippen LogP contribution >= 0.6 is 0 Å². The molecular weight excluding hydrogens is 352 g/mol. The largest absolute Gasteiger partial charge is 0.466 e. The quantitative estimate of drug-likeness (QED) is 0.213. The fourth-order valence-corrected chi connectivity index (χ4v) is 4.32. The molecule has 0 aromatic carbocycles. The van der Waals surface area contributed by atoms with Crippen molar-refractivity contribution in [3.8, 4) is 0 Å². The minimum absolute atomic E-state index is 0.0462. The van der Waals surface area contributed by atoms with Crippen LogP contribution in [0.4, 0.5) is 0 Å². The first-order valence-corrected chi connectivity index (χ1v) is 11.9. The Morgan fingerprint density at radius 2 is 0.857 bits per heavy atom. The normalized spacial score (nSPS) is 18.5. The van der Waals surface area contributed by atoms with Crippen molar-refractivity contribution in [1.82, 2.24) is 0 Å². The molecule has 2 aliphatic rings. The lowest BCUT2D eigenvalue weighted by molar-refractivity contribution is -0.150. The van der Waals surface area contributed by atoms with Gasteiger partial charge in [-0.25, -0.2) is 0 Å². The van der Waals surface area contributed by atoms with Crippen LogP contribution in [0.15, 0.2) is 0 Å². The second kappa shape index (κ2) is 11.8. The summed E-state index contributed by atoms with van der Waals surface area (Å²) in [6, 6.07) is 0. The highest BCUT2D eigenvalue weighted by atomic mass is 16.5. The minimum Gasteiger partial charge on any atom is -0.466 e. The van der Waals surface area contributed by atoms with Gasteiger partial charge in [0.1, 0.15) is 0 Å².